The summed E-state index contributed by atoms with van der Waals surface area (Å²) in [5, 5.41) is 2.46. The summed E-state index contributed by atoms with van der Waals surface area (Å²) in [4.78, 5) is 37.6. The quantitative estimate of drug-likeness (QED) is 0.402. The SMILES string of the molecule is COC(=O)[C@H](C)NP(=O)(OC[C@H]1O[C@@H](n2cc(C)c(=O)[nH]c2=O)C[C@@H]1F)Oc1ccccc1. The van der Waals surface area contributed by atoms with Crippen LogP contribution in [0.3, 0.4) is 0 Å². The summed E-state index contributed by atoms with van der Waals surface area (Å²) in [5.74, 6) is -0.508. The second-order valence-corrected chi connectivity index (χ2v) is 9.12. The molecule has 0 aliphatic carbocycles. The lowest BCUT2D eigenvalue weighted by atomic mass is 10.2. The van der Waals surface area contributed by atoms with E-state index >= 15 is 0 Å². The fourth-order valence-corrected chi connectivity index (χ4v) is 4.66. The van der Waals surface area contributed by atoms with Gasteiger partial charge >= 0.3 is 19.4 Å². The molecule has 2 aromatic rings. The summed E-state index contributed by atoms with van der Waals surface area (Å²) in [5.41, 5.74) is -1.03. The van der Waals surface area contributed by atoms with Gasteiger partial charge in [-0.25, -0.2) is 13.8 Å². The predicted molar refractivity (Wildman–Crippen MR) is 115 cm³/mol. The van der Waals surface area contributed by atoms with E-state index in [1.807, 2.05) is 0 Å². The summed E-state index contributed by atoms with van der Waals surface area (Å²) in [6, 6.07) is 7.04. The van der Waals surface area contributed by atoms with Gasteiger partial charge in [-0.1, -0.05) is 18.2 Å². The molecule has 1 fully saturated rings. The Labute approximate surface area is 188 Å². The highest BCUT2D eigenvalue weighted by atomic mass is 31.2. The Balaban J connectivity index is 1.73. The van der Waals surface area contributed by atoms with Crippen LogP contribution in [0.1, 0.15) is 25.1 Å². The smallest absolute Gasteiger partial charge is 0.459 e. The van der Waals surface area contributed by atoms with E-state index in [1.165, 1.54) is 39.3 Å². The molecule has 1 unspecified atom stereocenters. The van der Waals surface area contributed by atoms with Crippen LogP contribution in [0.15, 0.2) is 46.1 Å². The molecule has 0 amide bonds. The highest BCUT2D eigenvalue weighted by Gasteiger charge is 2.40. The number of aryl methyl sites for hydroxylation is 1. The summed E-state index contributed by atoms with van der Waals surface area (Å²) in [7, 11) is -3.00. The van der Waals surface area contributed by atoms with Crippen LogP contribution in [0.4, 0.5) is 4.39 Å². The van der Waals surface area contributed by atoms with Gasteiger partial charge in [0.1, 0.15) is 30.3 Å². The molecule has 0 radical (unpaired) electrons. The summed E-state index contributed by atoms with van der Waals surface area (Å²) >= 11 is 0. The number of hydrogen-bond donors (Lipinski definition) is 2. The fraction of sp³-hybridized carbons (Fsp3) is 0.450. The number of esters is 1. The average Bonchev–Trinajstić information content (AvgIpc) is 3.15. The average molecular weight is 485 g/mol. The maximum absolute atomic E-state index is 14.7. The van der Waals surface area contributed by atoms with Crippen molar-refractivity contribution in [3.8, 4) is 5.75 Å². The number of nitrogens with one attached hydrogen (secondary N) is 2. The van der Waals surface area contributed by atoms with Gasteiger partial charge in [-0.05, 0) is 26.0 Å². The Morgan fingerprint density at radius 2 is 2.06 bits per heavy atom. The normalized spacial score (nSPS) is 23.0. The molecule has 3 rings (SSSR count). The Kier molecular flexibility index (Phi) is 7.85. The van der Waals surface area contributed by atoms with Crippen LogP contribution in [0.5, 0.6) is 5.75 Å². The minimum absolute atomic E-state index is 0.185. The number of H-pyrrole nitrogens is 1. The van der Waals surface area contributed by atoms with Gasteiger partial charge in [-0.15, -0.1) is 0 Å². The number of benzene rings is 1. The number of para-hydroxylation sites is 1. The van der Waals surface area contributed by atoms with E-state index < -0.39 is 56.1 Å². The fourth-order valence-electron chi connectivity index (χ4n) is 3.16. The molecule has 0 saturated carbocycles. The van der Waals surface area contributed by atoms with Crippen molar-refractivity contribution in [1.29, 1.82) is 0 Å². The lowest BCUT2D eigenvalue weighted by Crippen LogP contribution is -2.36. The number of hydrogen-bond acceptors (Lipinski definition) is 8. The highest BCUT2D eigenvalue weighted by Crippen LogP contribution is 2.46. The third kappa shape index (κ3) is 6.17. The van der Waals surface area contributed by atoms with Crippen molar-refractivity contribution in [3.63, 3.8) is 0 Å². The molecular formula is C20H25FN3O8P. The number of halogens is 1. The van der Waals surface area contributed by atoms with E-state index in [0.717, 1.165) is 4.57 Å². The first-order chi connectivity index (χ1) is 15.6. The first-order valence-electron chi connectivity index (χ1n) is 10.1. The van der Waals surface area contributed by atoms with Crippen molar-refractivity contribution in [2.75, 3.05) is 13.7 Å². The third-order valence-corrected chi connectivity index (χ3v) is 6.55. The number of carbonyl (C=O) groups excluding carboxylic acids is 1. The van der Waals surface area contributed by atoms with E-state index in [2.05, 4.69) is 14.8 Å². The van der Waals surface area contributed by atoms with Crippen molar-refractivity contribution < 1.29 is 32.3 Å². The Hall–Kier alpha value is -2.79. The Morgan fingerprint density at radius 1 is 1.36 bits per heavy atom. The zero-order valence-corrected chi connectivity index (χ0v) is 19.1. The first kappa shape index (κ1) is 24.8. The van der Waals surface area contributed by atoms with E-state index in [-0.39, 0.29) is 17.7 Å². The van der Waals surface area contributed by atoms with Gasteiger partial charge in [0.15, 0.2) is 0 Å². The van der Waals surface area contributed by atoms with Crippen molar-refractivity contribution in [1.82, 2.24) is 14.6 Å². The molecule has 180 valence electrons. The molecule has 33 heavy (non-hydrogen) atoms. The van der Waals surface area contributed by atoms with Crippen LogP contribution in [-0.4, -0.2) is 47.6 Å². The first-order valence-corrected chi connectivity index (χ1v) is 11.6. The minimum Gasteiger partial charge on any atom is -0.468 e. The number of methoxy groups -OCH3 is 1. The van der Waals surface area contributed by atoms with E-state index in [1.54, 1.807) is 18.2 Å². The van der Waals surface area contributed by atoms with Crippen LogP contribution >= 0.6 is 7.75 Å². The molecule has 2 heterocycles. The van der Waals surface area contributed by atoms with Crippen LogP contribution < -0.4 is 20.9 Å². The predicted octanol–water partition coefficient (Wildman–Crippen LogP) is 1.83. The van der Waals surface area contributed by atoms with Gasteiger partial charge in [-0.3, -0.25) is 23.7 Å². The lowest BCUT2D eigenvalue weighted by Gasteiger charge is -2.24. The van der Waals surface area contributed by atoms with Crippen molar-refractivity contribution >= 4 is 13.7 Å². The molecule has 0 spiro atoms. The molecule has 1 aliphatic heterocycles. The number of rotatable bonds is 9. The van der Waals surface area contributed by atoms with Crippen molar-refractivity contribution in [2.45, 2.75) is 44.8 Å². The van der Waals surface area contributed by atoms with Crippen molar-refractivity contribution in [2.24, 2.45) is 0 Å². The molecule has 1 aromatic heterocycles. The minimum atomic E-state index is -4.17. The number of aromatic amines is 1. The van der Waals surface area contributed by atoms with E-state index in [0.29, 0.717) is 0 Å². The summed E-state index contributed by atoms with van der Waals surface area (Å²) < 4.78 is 50.2. The van der Waals surface area contributed by atoms with Gasteiger partial charge in [0, 0.05) is 18.2 Å². The number of alkyl halides is 1. The Morgan fingerprint density at radius 3 is 2.73 bits per heavy atom. The molecule has 5 atom stereocenters. The molecule has 1 saturated heterocycles. The van der Waals surface area contributed by atoms with Gasteiger partial charge in [-0.2, -0.15) is 5.09 Å². The molecule has 2 N–H and O–H groups in total. The standard InChI is InChI=1S/C20H25FN3O8P/c1-12-10-24(20(27)22-18(12)25)17-9-15(21)16(31-17)11-30-33(28,23-13(2)19(26)29-3)32-14-7-5-4-6-8-14/h4-8,10,13,15-17H,9,11H2,1-3H3,(H,23,28)(H,22,25,27)/t13-,15-,16+,17+,33?/m0/s1. The van der Waals surface area contributed by atoms with Gasteiger partial charge < -0.3 is 14.0 Å². The summed E-state index contributed by atoms with van der Waals surface area (Å²) in [6.07, 6.45) is -2.64. The zero-order valence-electron chi connectivity index (χ0n) is 18.2. The Bertz CT molecular complexity index is 1140. The zero-order chi connectivity index (χ0) is 24.2. The monoisotopic (exact) mass is 485 g/mol. The van der Waals surface area contributed by atoms with Gasteiger partial charge in [0.2, 0.25) is 0 Å². The number of ether oxygens (including phenoxy) is 2. The third-order valence-electron chi connectivity index (χ3n) is 4.90. The molecule has 11 nitrogen and oxygen atoms in total. The van der Waals surface area contributed by atoms with Crippen LogP contribution in [0.2, 0.25) is 0 Å². The highest BCUT2D eigenvalue weighted by molar-refractivity contribution is 7.52. The van der Waals surface area contributed by atoms with Gasteiger partial charge in [0.05, 0.1) is 13.7 Å². The molecule has 13 heteroatoms. The number of aromatic nitrogens is 2. The van der Waals surface area contributed by atoms with Gasteiger partial charge in [0.25, 0.3) is 5.56 Å². The largest absolute Gasteiger partial charge is 0.468 e. The van der Waals surface area contributed by atoms with Crippen LogP contribution in [0, 0.1) is 6.92 Å². The maximum atomic E-state index is 14.7. The lowest BCUT2D eigenvalue weighted by molar-refractivity contribution is -0.142. The summed E-state index contributed by atoms with van der Waals surface area (Å²) in [6.45, 7) is 2.41. The topological polar surface area (TPSA) is 138 Å². The number of nitrogens with zero attached hydrogens (tertiary/aromatic N) is 1. The van der Waals surface area contributed by atoms with Crippen LogP contribution in [0.25, 0.3) is 0 Å². The van der Waals surface area contributed by atoms with E-state index in [9.17, 15) is 23.3 Å². The number of carbonyl (C=O) groups is 1. The molecule has 1 aromatic carbocycles. The molecule has 0 bridgehead atoms. The van der Waals surface area contributed by atoms with Crippen LogP contribution in [-0.2, 0) is 23.4 Å². The van der Waals surface area contributed by atoms with E-state index in [4.69, 9.17) is 13.8 Å². The molecule has 1 aliphatic rings. The molecular weight excluding hydrogens is 460 g/mol. The maximum Gasteiger partial charge on any atom is 0.459 e. The van der Waals surface area contributed by atoms with Crippen molar-refractivity contribution in [3.05, 3.63) is 62.9 Å². The second-order valence-electron chi connectivity index (χ2n) is 7.43. The second kappa shape index (κ2) is 10.4.